The number of carbonyl (C=O) groups excluding carboxylic acids is 1. The molecule has 6 nitrogen and oxygen atoms in total. The summed E-state index contributed by atoms with van der Waals surface area (Å²) in [6.45, 7) is 2.64. The van der Waals surface area contributed by atoms with Crippen LogP contribution in [0.4, 0.5) is 8.78 Å². The van der Waals surface area contributed by atoms with Gasteiger partial charge in [-0.2, -0.15) is 0 Å². The summed E-state index contributed by atoms with van der Waals surface area (Å²) in [5.74, 6) is -3.41. The van der Waals surface area contributed by atoms with Gasteiger partial charge in [0.25, 0.3) is 0 Å². The maximum Gasteiger partial charge on any atom is 0.228 e. The zero-order valence-electron chi connectivity index (χ0n) is 20.5. The van der Waals surface area contributed by atoms with Crippen LogP contribution in [0.15, 0.2) is 71.6 Å². The largest absolute Gasteiger partial charge is 0.390 e. The molecule has 0 fully saturated rings. The van der Waals surface area contributed by atoms with Crippen LogP contribution in [0, 0.1) is 11.6 Å². The Morgan fingerprint density at radius 3 is 2.43 bits per heavy atom. The minimum absolute atomic E-state index is 0.0459. The number of benzene rings is 3. The van der Waals surface area contributed by atoms with Crippen molar-refractivity contribution < 1.29 is 27.1 Å². The molecule has 3 atom stereocenters. The molecule has 0 aliphatic carbocycles. The van der Waals surface area contributed by atoms with E-state index in [0.29, 0.717) is 12.1 Å². The van der Waals surface area contributed by atoms with Gasteiger partial charge < -0.3 is 15.7 Å². The zero-order chi connectivity index (χ0) is 26.6. The summed E-state index contributed by atoms with van der Waals surface area (Å²) in [7, 11) is -3.61. The molecule has 196 valence electrons. The summed E-state index contributed by atoms with van der Waals surface area (Å²) in [5, 5.41) is 16.9. The van der Waals surface area contributed by atoms with Crippen molar-refractivity contribution in [2.75, 3.05) is 12.3 Å². The van der Waals surface area contributed by atoms with E-state index in [1.807, 2.05) is 18.2 Å². The molecule has 0 radical (unpaired) electrons. The third-order valence-electron chi connectivity index (χ3n) is 6.58. The first-order chi connectivity index (χ1) is 17.7. The van der Waals surface area contributed by atoms with Crippen molar-refractivity contribution in [3.8, 4) is 0 Å². The van der Waals surface area contributed by atoms with Crippen molar-refractivity contribution in [3.05, 3.63) is 101 Å². The lowest BCUT2D eigenvalue weighted by molar-refractivity contribution is -0.123. The van der Waals surface area contributed by atoms with Crippen molar-refractivity contribution in [1.82, 2.24) is 10.6 Å². The lowest BCUT2D eigenvalue weighted by Gasteiger charge is -2.26. The van der Waals surface area contributed by atoms with Gasteiger partial charge in [-0.05, 0) is 53.3 Å². The quantitative estimate of drug-likeness (QED) is 0.376. The Bertz CT molecular complexity index is 1360. The lowest BCUT2D eigenvalue weighted by atomic mass is 9.97. The van der Waals surface area contributed by atoms with E-state index >= 15 is 0 Å². The molecule has 1 aliphatic rings. The molecule has 3 aromatic carbocycles. The van der Waals surface area contributed by atoms with E-state index in [1.165, 1.54) is 11.6 Å². The van der Waals surface area contributed by atoms with Gasteiger partial charge in [0.2, 0.25) is 5.91 Å². The molecule has 3 N–H and O–H groups in total. The number of rotatable bonds is 10. The van der Waals surface area contributed by atoms with Gasteiger partial charge in [-0.25, -0.2) is 17.2 Å². The Morgan fingerprint density at radius 1 is 1.00 bits per heavy atom. The third-order valence-corrected chi connectivity index (χ3v) is 8.40. The van der Waals surface area contributed by atoms with Crippen LogP contribution in [-0.4, -0.2) is 43.9 Å². The first kappa shape index (κ1) is 26.9. The molecule has 0 bridgehead atoms. The number of hydrogen-bond acceptors (Lipinski definition) is 5. The minimum Gasteiger partial charge on any atom is -0.390 e. The Kier molecular flexibility index (Phi) is 8.36. The number of hydrogen-bond donors (Lipinski definition) is 3. The molecular formula is C28H30F2N2O4S. The fraction of sp³-hybridized carbons (Fsp3) is 0.321. The number of nitrogens with one attached hydrogen (secondary N) is 2. The van der Waals surface area contributed by atoms with Crippen LogP contribution < -0.4 is 10.6 Å². The molecule has 3 aromatic rings. The highest BCUT2D eigenvalue weighted by Crippen LogP contribution is 2.35. The standard InChI is InChI=1S/C28H30F2N2O4S/c1-2-18-6-5-7-19(10-18)15-31-16-26(33)25(13-20-11-21(29)14-22(30)12-20)32-28(34)24-17-37(35,36)27-9-4-3-8-23(24)27/h3-12,14,24-26,31,33H,2,13,15-17H2,1H3,(H,32,34). The van der Waals surface area contributed by atoms with Crippen molar-refractivity contribution in [3.63, 3.8) is 0 Å². The molecule has 3 unspecified atom stereocenters. The first-order valence-corrected chi connectivity index (χ1v) is 13.8. The van der Waals surface area contributed by atoms with Gasteiger partial charge in [0.1, 0.15) is 11.6 Å². The Balaban J connectivity index is 1.50. The molecule has 9 heteroatoms. The molecule has 1 heterocycles. The second kappa shape index (κ2) is 11.5. The van der Waals surface area contributed by atoms with E-state index < -0.39 is 45.4 Å². The average Bonchev–Trinajstić information content (AvgIpc) is 3.14. The number of aryl methyl sites for hydroxylation is 1. The predicted molar refractivity (Wildman–Crippen MR) is 137 cm³/mol. The van der Waals surface area contributed by atoms with E-state index in [9.17, 15) is 27.1 Å². The van der Waals surface area contributed by atoms with Crippen LogP contribution in [0.5, 0.6) is 0 Å². The number of halogens is 2. The molecule has 37 heavy (non-hydrogen) atoms. The number of aliphatic hydroxyl groups is 1. The molecule has 0 aromatic heterocycles. The topological polar surface area (TPSA) is 95.5 Å². The van der Waals surface area contributed by atoms with Crippen LogP contribution in [0.3, 0.4) is 0 Å². The summed E-state index contributed by atoms with van der Waals surface area (Å²) in [5.41, 5.74) is 2.88. The first-order valence-electron chi connectivity index (χ1n) is 12.2. The van der Waals surface area contributed by atoms with Crippen molar-refractivity contribution >= 4 is 15.7 Å². The van der Waals surface area contributed by atoms with E-state index in [4.69, 9.17) is 0 Å². The predicted octanol–water partition coefficient (Wildman–Crippen LogP) is 3.28. The summed E-state index contributed by atoms with van der Waals surface area (Å²) in [4.78, 5) is 13.4. The Hall–Kier alpha value is -3.14. The van der Waals surface area contributed by atoms with Gasteiger partial charge in [0.05, 0.1) is 28.7 Å². The molecule has 0 saturated carbocycles. The van der Waals surface area contributed by atoms with Crippen molar-refractivity contribution in [1.29, 1.82) is 0 Å². The van der Waals surface area contributed by atoms with Gasteiger partial charge in [0, 0.05) is 19.2 Å². The lowest BCUT2D eigenvalue weighted by Crippen LogP contribution is -2.50. The third kappa shape index (κ3) is 6.60. The van der Waals surface area contributed by atoms with Crippen LogP contribution in [0.25, 0.3) is 0 Å². The van der Waals surface area contributed by atoms with E-state index in [0.717, 1.165) is 30.2 Å². The monoisotopic (exact) mass is 528 g/mol. The highest BCUT2D eigenvalue weighted by molar-refractivity contribution is 7.91. The van der Waals surface area contributed by atoms with Gasteiger partial charge in [-0.1, -0.05) is 49.4 Å². The second-order valence-corrected chi connectivity index (χ2v) is 11.3. The van der Waals surface area contributed by atoms with Crippen LogP contribution in [0.2, 0.25) is 0 Å². The molecular weight excluding hydrogens is 498 g/mol. The zero-order valence-corrected chi connectivity index (χ0v) is 21.3. The van der Waals surface area contributed by atoms with Gasteiger partial charge in [-0.3, -0.25) is 4.79 Å². The number of aliphatic hydroxyl groups excluding tert-OH is 1. The summed E-state index contributed by atoms with van der Waals surface area (Å²) < 4.78 is 52.7. The molecule has 1 aliphatic heterocycles. The Morgan fingerprint density at radius 2 is 1.70 bits per heavy atom. The van der Waals surface area contributed by atoms with Crippen molar-refractivity contribution in [2.24, 2.45) is 0 Å². The van der Waals surface area contributed by atoms with Crippen LogP contribution >= 0.6 is 0 Å². The highest BCUT2D eigenvalue weighted by atomic mass is 32.2. The molecule has 4 rings (SSSR count). The number of carbonyl (C=O) groups is 1. The maximum absolute atomic E-state index is 13.8. The van der Waals surface area contributed by atoms with Gasteiger partial charge >= 0.3 is 0 Å². The fourth-order valence-corrected chi connectivity index (χ4v) is 6.49. The second-order valence-electron chi connectivity index (χ2n) is 9.34. The number of fused-ring (bicyclic) bond motifs is 1. The SMILES string of the molecule is CCc1cccc(CNCC(O)C(Cc2cc(F)cc(F)c2)NC(=O)C2CS(=O)(=O)c3ccccc32)c1. The van der Waals surface area contributed by atoms with Crippen molar-refractivity contribution in [2.45, 2.75) is 49.3 Å². The van der Waals surface area contributed by atoms with E-state index in [2.05, 4.69) is 23.6 Å². The smallest absolute Gasteiger partial charge is 0.228 e. The highest BCUT2D eigenvalue weighted by Gasteiger charge is 2.39. The fourth-order valence-electron chi connectivity index (χ4n) is 4.68. The van der Waals surface area contributed by atoms with E-state index in [-0.39, 0.29) is 29.2 Å². The average molecular weight is 529 g/mol. The summed E-state index contributed by atoms with van der Waals surface area (Å²) >= 11 is 0. The van der Waals surface area contributed by atoms with Gasteiger partial charge in [-0.15, -0.1) is 0 Å². The number of amides is 1. The molecule has 1 amide bonds. The molecule has 0 spiro atoms. The minimum atomic E-state index is -3.61. The van der Waals surface area contributed by atoms with Crippen LogP contribution in [-0.2, 0) is 34.0 Å². The summed E-state index contributed by atoms with van der Waals surface area (Å²) in [6, 6.07) is 16.5. The van der Waals surface area contributed by atoms with E-state index in [1.54, 1.807) is 18.2 Å². The maximum atomic E-state index is 13.8. The van der Waals surface area contributed by atoms with Gasteiger partial charge in [0.15, 0.2) is 9.84 Å². The summed E-state index contributed by atoms with van der Waals surface area (Å²) in [6.07, 6.45) is -0.261. The number of sulfone groups is 1. The van der Waals surface area contributed by atoms with Crippen LogP contribution in [0.1, 0.15) is 35.1 Å². The normalized spacial score (nSPS) is 17.7. The molecule has 0 saturated heterocycles. The Labute approximate surface area is 215 Å².